The number of hydrogen-bond donors (Lipinski definition) is 0. The van der Waals surface area contributed by atoms with Crippen molar-refractivity contribution in [3.05, 3.63) is 6.33 Å². The van der Waals surface area contributed by atoms with Crippen molar-refractivity contribution in [2.24, 2.45) is 5.92 Å². The number of aryl methyl sites for hydroxylation is 1. The van der Waals surface area contributed by atoms with Crippen LogP contribution in [0, 0.1) is 5.92 Å². The highest BCUT2D eigenvalue weighted by atomic mass is 16.2. The Hall–Kier alpha value is -1.50. The maximum atomic E-state index is 12.3. The first kappa shape index (κ1) is 15.4. The van der Waals surface area contributed by atoms with Gasteiger partial charge in [-0.2, -0.15) is 0 Å². The molecule has 122 valence electrons. The number of hydrogen-bond acceptors (Lipinski definition) is 5. The lowest BCUT2D eigenvalue weighted by atomic mass is 9.83. The Balaban J connectivity index is 1.49. The lowest BCUT2D eigenvalue weighted by Gasteiger charge is -2.45. The summed E-state index contributed by atoms with van der Waals surface area (Å²) in [6.45, 7) is 3.93. The molecule has 3 heterocycles. The van der Waals surface area contributed by atoms with E-state index in [9.17, 15) is 4.79 Å². The van der Waals surface area contributed by atoms with Crippen LogP contribution >= 0.6 is 0 Å². The first-order valence-corrected chi connectivity index (χ1v) is 8.43. The van der Waals surface area contributed by atoms with Gasteiger partial charge in [0, 0.05) is 26.1 Å². The second-order valence-electron chi connectivity index (χ2n) is 6.60. The third-order valence-electron chi connectivity index (χ3n) is 5.11. The highest BCUT2D eigenvalue weighted by Gasteiger charge is 2.33. The van der Waals surface area contributed by atoms with Crippen LogP contribution in [0.3, 0.4) is 0 Å². The minimum Gasteiger partial charge on any atom is -0.345 e. The summed E-state index contributed by atoms with van der Waals surface area (Å²) in [6.07, 6.45) is 8.52. The molecule has 1 aromatic heterocycles. The van der Waals surface area contributed by atoms with E-state index >= 15 is 0 Å². The molecule has 0 aromatic carbocycles. The van der Waals surface area contributed by atoms with Crippen LogP contribution in [0.4, 0.5) is 0 Å². The van der Waals surface area contributed by atoms with Crippen molar-refractivity contribution in [1.82, 2.24) is 30.0 Å². The zero-order valence-corrected chi connectivity index (χ0v) is 13.4. The number of rotatable bonds is 5. The number of nitrogens with zero attached hydrogens (tertiary/aromatic N) is 6. The Morgan fingerprint density at radius 1 is 1.27 bits per heavy atom. The third kappa shape index (κ3) is 3.63. The molecule has 2 fully saturated rings. The van der Waals surface area contributed by atoms with Gasteiger partial charge in [0.1, 0.15) is 6.33 Å². The summed E-state index contributed by atoms with van der Waals surface area (Å²) in [4.78, 5) is 16.9. The van der Waals surface area contributed by atoms with E-state index in [1.165, 1.54) is 45.2 Å². The first-order valence-electron chi connectivity index (χ1n) is 8.43. The highest BCUT2D eigenvalue weighted by molar-refractivity contribution is 5.75. The predicted octanol–water partition coefficient (Wildman–Crippen LogP) is 0.786. The van der Waals surface area contributed by atoms with Gasteiger partial charge in [-0.05, 0) is 55.1 Å². The molecular weight excluding hydrogens is 280 g/mol. The van der Waals surface area contributed by atoms with Gasteiger partial charge in [-0.1, -0.05) is 6.42 Å². The Morgan fingerprint density at radius 2 is 2.14 bits per heavy atom. The molecule has 2 aliphatic heterocycles. The summed E-state index contributed by atoms with van der Waals surface area (Å²) in [5.74, 6) is 0.819. The minimum absolute atomic E-state index is 0.184. The van der Waals surface area contributed by atoms with Gasteiger partial charge in [0.15, 0.2) is 0 Å². The van der Waals surface area contributed by atoms with Crippen LogP contribution in [0.1, 0.15) is 38.5 Å². The largest absolute Gasteiger partial charge is 0.345 e. The molecule has 0 bridgehead atoms. The van der Waals surface area contributed by atoms with Gasteiger partial charge in [0.2, 0.25) is 5.91 Å². The number of carbonyl (C=O) groups is 1. The maximum Gasteiger partial charge on any atom is 0.224 e. The highest BCUT2D eigenvalue weighted by Crippen LogP contribution is 2.31. The summed E-state index contributed by atoms with van der Waals surface area (Å²) in [5, 5.41) is 11.0. The predicted molar refractivity (Wildman–Crippen MR) is 82.0 cm³/mol. The monoisotopic (exact) mass is 306 g/mol. The van der Waals surface area contributed by atoms with E-state index in [0.717, 1.165) is 6.54 Å². The molecule has 22 heavy (non-hydrogen) atoms. The SMILES string of the molecule is CN(C[C@@H]1CCCN2CCCC[C@H]12)C(=O)CCn1cnnn1. The standard InChI is InChI=1S/C15H26N6O/c1-19(15(22)7-10-21-12-16-17-18-21)11-13-5-4-9-20-8-3-2-6-14(13)20/h12-14H,2-11H2,1H3/t13-,14+/m0/s1. The lowest BCUT2D eigenvalue weighted by molar-refractivity contribution is -0.131. The van der Waals surface area contributed by atoms with Crippen molar-refractivity contribution in [3.8, 4) is 0 Å². The zero-order valence-electron chi connectivity index (χ0n) is 13.4. The quantitative estimate of drug-likeness (QED) is 0.804. The molecule has 0 radical (unpaired) electrons. The van der Waals surface area contributed by atoms with E-state index < -0.39 is 0 Å². The second kappa shape index (κ2) is 7.17. The molecule has 2 aliphatic rings. The van der Waals surface area contributed by atoms with Crippen molar-refractivity contribution in [1.29, 1.82) is 0 Å². The van der Waals surface area contributed by atoms with E-state index in [1.807, 2.05) is 11.9 Å². The average molecular weight is 306 g/mol. The fraction of sp³-hybridized carbons (Fsp3) is 0.867. The molecule has 0 aliphatic carbocycles. The number of piperidine rings is 2. The molecule has 0 unspecified atom stereocenters. The van der Waals surface area contributed by atoms with E-state index in [0.29, 0.717) is 24.9 Å². The van der Waals surface area contributed by atoms with Gasteiger partial charge in [0.25, 0.3) is 0 Å². The summed E-state index contributed by atoms with van der Waals surface area (Å²) in [5.41, 5.74) is 0. The summed E-state index contributed by atoms with van der Waals surface area (Å²) in [6, 6.07) is 0.692. The fourth-order valence-corrected chi connectivity index (χ4v) is 3.93. The fourth-order valence-electron chi connectivity index (χ4n) is 3.93. The number of aromatic nitrogens is 4. The molecule has 7 heteroatoms. The van der Waals surface area contributed by atoms with E-state index in [1.54, 1.807) is 11.0 Å². The zero-order chi connectivity index (χ0) is 15.4. The molecule has 1 amide bonds. The Kier molecular flexibility index (Phi) is 5.02. The molecule has 2 saturated heterocycles. The van der Waals surface area contributed by atoms with Crippen LogP contribution in [0.25, 0.3) is 0 Å². The maximum absolute atomic E-state index is 12.3. The van der Waals surface area contributed by atoms with Gasteiger partial charge < -0.3 is 9.80 Å². The first-order chi connectivity index (χ1) is 10.7. The molecule has 0 saturated carbocycles. The molecular formula is C15H26N6O. The van der Waals surface area contributed by atoms with Gasteiger partial charge in [0.05, 0.1) is 6.54 Å². The van der Waals surface area contributed by atoms with Crippen LogP contribution in [0.2, 0.25) is 0 Å². The number of amides is 1. The molecule has 0 N–H and O–H groups in total. The van der Waals surface area contributed by atoms with Crippen molar-refractivity contribution >= 4 is 5.91 Å². The van der Waals surface area contributed by atoms with E-state index in [4.69, 9.17) is 0 Å². The van der Waals surface area contributed by atoms with Crippen molar-refractivity contribution in [2.45, 2.75) is 51.1 Å². The van der Waals surface area contributed by atoms with Crippen LogP contribution in [0.5, 0.6) is 0 Å². The normalized spacial score (nSPS) is 25.7. The summed E-state index contributed by atoms with van der Waals surface area (Å²) in [7, 11) is 1.93. The van der Waals surface area contributed by atoms with Crippen LogP contribution in [0.15, 0.2) is 6.33 Å². The molecule has 0 spiro atoms. The molecule has 1 aromatic rings. The van der Waals surface area contributed by atoms with Crippen molar-refractivity contribution in [3.63, 3.8) is 0 Å². The Labute approximate surface area is 131 Å². The Morgan fingerprint density at radius 3 is 2.95 bits per heavy atom. The van der Waals surface area contributed by atoms with Gasteiger partial charge in [-0.15, -0.1) is 5.10 Å². The number of tetrazole rings is 1. The lowest BCUT2D eigenvalue weighted by Crippen LogP contribution is -2.51. The van der Waals surface area contributed by atoms with Gasteiger partial charge in [-0.3, -0.25) is 4.79 Å². The molecule has 2 atom stereocenters. The van der Waals surface area contributed by atoms with E-state index in [2.05, 4.69) is 20.4 Å². The van der Waals surface area contributed by atoms with Crippen LogP contribution in [-0.4, -0.2) is 68.6 Å². The molecule has 7 nitrogen and oxygen atoms in total. The van der Waals surface area contributed by atoms with Crippen molar-refractivity contribution < 1.29 is 4.79 Å². The number of carbonyl (C=O) groups excluding carboxylic acids is 1. The summed E-state index contributed by atoms with van der Waals surface area (Å²) < 4.78 is 1.61. The van der Waals surface area contributed by atoms with Crippen LogP contribution in [-0.2, 0) is 11.3 Å². The van der Waals surface area contributed by atoms with Crippen LogP contribution < -0.4 is 0 Å². The topological polar surface area (TPSA) is 67.2 Å². The number of fused-ring (bicyclic) bond motifs is 1. The smallest absolute Gasteiger partial charge is 0.224 e. The minimum atomic E-state index is 0.184. The van der Waals surface area contributed by atoms with Gasteiger partial charge >= 0.3 is 0 Å². The van der Waals surface area contributed by atoms with Gasteiger partial charge in [-0.25, -0.2) is 4.68 Å². The van der Waals surface area contributed by atoms with E-state index in [-0.39, 0.29) is 5.91 Å². The Bertz CT molecular complexity index is 474. The average Bonchev–Trinajstić information content (AvgIpc) is 3.06. The third-order valence-corrected chi connectivity index (χ3v) is 5.11. The van der Waals surface area contributed by atoms with Crippen molar-refractivity contribution in [2.75, 3.05) is 26.7 Å². The second-order valence-corrected chi connectivity index (χ2v) is 6.60. The molecule has 3 rings (SSSR count). The summed E-state index contributed by atoms with van der Waals surface area (Å²) >= 11 is 0.